The molecule has 0 aromatic carbocycles. The summed E-state index contributed by atoms with van der Waals surface area (Å²) in [5, 5.41) is 6.15. The maximum Gasteiger partial charge on any atom is 0.511 e. The largest absolute Gasteiger partial charge is 0.511 e. The number of halogens is 3. The number of nitrogens with one attached hydrogen (secondary N) is 2. The molecule has 1 rings (SSSR count). The summed E-state index contributed by atoms with van der Waals surface area (Å²) in [5.74, 6) is 0.636. The molecule has 0 aromatic heterocycles. The second kappa shape index (κ2) is 10.9. The van der Waals surface area contributed by atoms with Crippen molar-refractivity contribution in [2.75, 3.05) is 60.2 Å². The summed E-state index contributed by atoms with van der Waals surface area (Å²) in [5.41, 5.74) is -5.24. The van der Waals surface area contributed by atoms with Gasteiger partial charge in [-0.1, -0.05) is 0 Å². The van der Waals surface area contributed by atoms with E-state index in [1.807, 2.05) is 0 Å². The van der Waals surface area contributed by atoms with E-state index in [4.69, 9.17) is 9.47 Å². The second-order valence-corrected chi connectivity index (χ2v) is 7.71. The lowest BCUT2D eigenvalue weighted by molar-refractivity contribution is -0.0496. The first-order valence-electron chi connectivity index (χ1n) is 8.30. The maximum atomic E-state index is 12.5. The van der Waals surface area contributed by atoms with Crippen LogP contribution < -0.4 is 10.6 Å². The third-order valence-corrected chi connectivity index (χ3v) is 5.59. The van der Waals surface area contributed by atoms with Crippen LogP contribution in [0.5, 0.6) is 0 Å². The first-order valence-corrected chi connectivity index (χ1v) is 9.74. The van der Waals surface area contributed by atoms with Crippen LogP contribution in [0.1, 0.15) is 12.8 Å². The van der Waals surface area contributed by atoms with E-state index in [1.54, 1.807) is 14.2 Å². The van der Waals surface area contributed by atoms with Gasteiger partial charge >= 0.3 is 15.5 Å². The molecule has 154 valence electrons. The minimum absolute atomic E-state index is 0.0752. The van der Waals surface area contributed by atoms with E-state index in [-0.39, 0.29) is 19.0 Å². The fraction of sp³-hybridized carbons (Fsp3) is 0.929. The summed E-state index contributed by atoms with van der Waals surface area (Å²) < 4.78 is 71.1. The van der Waals surface area contributed by atoms with E-state index in [0.717, 1.165) is 0 Å². The zero-order valence-electron chi connectivity index (χ0n) is 15.0. The number of sulfonamides is 1. The molecule has 1 aliphatic heterocycles. The number of alkyl halides is 3. The van der Waals surface area contributed by atoms with E-state index in [9.17, 15) is 21.6 Å². The zero-order valence-corrected chi connectivity index (χ0v) is 15.8. The molecular weight excluding hydrogens is 377 g/mol. The van der Waals surface area contributed by atoms with Crippen LogP contribution in [0.15, 0.2) is 4.99 Å². The van der Waals surface area contributed by atoms with Crippen LogP contribution in [0.2, 0.25) is 0 Å². The monoisotopic (exact) mass is 404 g/mol. The Morgan fingerprint density at radius 3 is 2.38 bits per heavy atom. The summed E-state index contributed by atoms with van der Waals surface area (Å²) in [6.07, 6.45) is 0.721. The second-order valence-electron chi connectivity index (χ2n) is 5.78. The number of aliphatic imine (C=N–C) groups is 1. The summed E-state index contributed by atoms with van der Waals surface area (Å²) >= 11 is 0. The van der Waals surface area contributed by atoms with Crippen molar-refractivity contribution in [2.45, 2.75) is 18.3 Å². The van der Waals surface area contributed by atoms with Crippen molar-refractivity contribution in [3.63, 3.8) is 0 Å². The summed E-state index contributed by atoms with van der Waals surface area (Å²) in [6, 6.07) is 0. The lowest BCUT2D eigenvalue weighted by Crippen LogP contribution is -2.47. The standard InChI is InChI=1S/C14H27F3N4O4S/c1-18-13(19-5-8-25-10-9-24-2)20-11-12-3-6-21(7-4-12)26(22,23)14(15,16)17/h12H,3-11H2,1-2H3,(H2,18,19,20). The van der Waals surface area contributed by atoms with Crippen LogP contribution in [0, 0.1) is 5.92 Å². The number of hydrogen-bond donors (Lipinski definition) is 2. The molecule has 1 heterocycles. The van der Waals surface area contributed by atoms with Crippen molar-refractivity contribution in [2.24, 2.45) is 10.9 Å². The van der Waals surface area contributed by atoms with Crippen LogP contribution >= 0.6 is 0 Å². The minimum Gasteiger partial charge on any atom is -0.382 e. The molecule has 1 saturated heterocycles. The highest BCUT2D eigenvalue weighted by Crippen LogP contribution is 2.30. The maximum absolute atomic E-state index is 12.5. The predicted molar refractivity (Wildman–Crippen MR) is 91.3 cm³/mol. The van der Waals surface area contributed by atoms with Gasteiger partial charge in [0.25, 0.3) is 0 Å². The number of rotatable bonds is 9. The van der Waals surface area contributed by atoms with Gasteiger partial charge in [-0.2, -0.15) is 17.5 Å². The van der Waals surface area contributed by atoms with Crippen LogP contribution in [0.25, 0.3) is 0 Å². The fourth-order valence-corrected chi connectivity index (χ4v) is 3.43. The van der Waals surface area contributed by atoms with E-state index in [2.05, 4.69) is 15.6 Å². The molecule has 1 fully saturated rings. The molecule has 1 aliphatic rings. The molecule has 0 atom stereocenters. The van der Waals surface area contributed by atoms with Crippen LogP contribution in [0.4, 0.5) is 13.2 Å². The molecule has 0 unspecified atom stereocenters. The molecule has 26 heavy (non-hydrogen) atoms. The van der Waals surface area contributed by atoms with E-state index < -0.39 is 15.5 Å². The van der Waals surface area contributed by atoms with Crippen molar-refractivity contribution >= 4 is 16.0 Å². The number of methoxy groups -OCH3 is 1. The lowest BCUT2D eigenvalue weighted by atomic mass is 9.98. The zero-order chi connectivity index (χ0) is 19.6. The van der Waals surface area contributed by atoms with E-state index >= 15 is 0 Å². The average Bonchev–Trinajstić information content (AvgIpc) is 2.60. The Morgan fingerprint density at radius 2 is 1.85 bits per heavy atom. The fourth-order valence-electron chi connectivity index (χ4n) is 2.45. The summed E-state index contributed by atoms with van der Waals surface area (Å²) in [7, 11) is -2.02. The minimum atomic E-state index is -5.24. The van der Waals surface area contributed by atoms with E-state index in [1.165, 1.54) is 0 Å². The average molecular weight is 404 g/mol. The third-order valence-electron chi connectivity index (χ3n) is 3.96. The first-order chi connectivity index (χ1) is 12.2. The number of hydrogen-bond acceptors (Lipinski definition) is 5. The Kier molecular flexibility index (Phi) is 9.61. The molecule has 0 spiro atoms. The highest BCUT2D eigenvalue weighted by molar-refractivity contribution is 7.90. The first kappa shape index (κ1) is 22.9. The SMILES string of the molecule is CN=C(NCCOCCOC)NCC1CCN(S(=O)(=O)C(F)(F)F)CC1. The molecule has 0 bridgehead atoms. The van der Waals surface area contributed by atoms with Gasteiger partial charge < -0.3 is 20.1 Å². The smallest absolute Gasteiger partial charge is 0.382 e. The van der Waals surface area contributed by atoms with Crippen molar-refractivity contribution in [3.05, 3.63) is 0 Å². The van der Waals surface area contributed by atoms with Crippen LogP contribution in [-0.4, -0.2) is 84.3 Å². The summed E-state index contributed by atoms with van der Waals surface area (Å²) in [6.45, 7) is 2.30. The van der Waals surface area contributed by atoms with Gasteiger partial charge in [-0.3, -0.25) is 4.99 Å². The van der Waals surface area contributed by atoms with Crippen LogP contribution in [0.3, 0.4) is 0 Å². The van der Waals surface area contributed by atoms with Gasteiger partial charge in [-0.05, 0) is 18.8 Å². The van der Waals surface area contributed by atoms with Gasteiger partial charge in [0.2, 0.25) is 0 Å². The van der Waals surface area contributed by atoms with Gasteiger partial charge in [0.05, 0.1) is 19.8 Å². The van der Waals surface area contributed by atoms with Gasteiger partial charge in [-0.25, -0.2) is 8.42 Å². The van der Waals surface area contributed by atoms with Gasteiger partial charge in [0.15, 0.2) is 5.96 Å². The molecular formula is C14H27F3N4O4S. The molecule has 0 radical (unpaired) electrons. The van der Waals surface area contributed by atoms with Crippen molar-refractivity contribution in [1.82, 2.24) is 14.9 Å². The predicted octanol–water partition coefficient (Wildman–Crippen LogP) is 0.376. The Labute approximate surface area is 152 Å². The molecule has 0 saturated carbocycles. The Bertz CT molecular complexity index is 535. The molecule has 12 heteroatoms. The van der Waals surface area contributed by atoms with Crippen LogP contribution in [-0.2, 0) is 19.5 Å². The van der Waals surface area contributed by atoms with E-state index in [0.29, 0.717) is 56.0 Å². The lowest BCUT2D eigenvalue weighted by Gasteiger charge is -2.31. The third kappa shape index (κ3) is 7.25. The van der Waals surface area contributed by atoms with Gasteiger partial charge in [-0.15, -0.1) is 0 Å². The Hall–Kier alpha value is -1.11. The highest BCUT2D eigenvalue weighted by atomic mass is 32.2. The van der Waals surface area contributed by atoms with Gasteiger partial charge in [0, 0.05) is 40.3 Å². The highest BCUT2D eigenvalue weighted by Gasteiger charge is 2.50. The number of ether oxygens (including phenoxy) is 2. The Balaban J connectivity index is 2.28. The summed E-state index contributed by atoms with van der Waals surface area (Å²) in [4.78, 5) is 4.05. The van der Waals surface area contributed by atoms with Crippen molar-refractivity contribution in [1.29, 1.82) is 0 Å². The van der Waals surface area contributed by atoms with Crippen molar-refractivity contribution in [3.8, 4) is 0 Å². The number of piperidine rings is 1. The molecule has 8 nitrogen and oxygen atoms in total. The Morgan fingerprint density at radius 1 is 1.19 bits per heavy atom. The number of guanidine groups is 1. The van der Waals surface area contributed by atoms with Crippen molar-refractivity contribution < 1.29 is 31.1 Å². The molecule has 2 N–H and O–H groups in total. The molecule has 0 amide bonds. The molecule has 0 aliphatic carbocycles. The topological polar surface area (TPSA) is 92.3 Å². The molecule has 0 aromatic rings. The van der Waals surface area contributed by atoms with Gasteiger partial charge in [0.1, 0.15) is 0 Å². The quantitative estimate of drug-likeness (QED) is 0.328. The number of nitrogens with zero attached hydrogens (tertiary/aromatic N) is 2. The normalized spacial score (nSPS) is 18.1.